The first-order valence-corrected chi connectivity index (χ1v) is 6.13. The van der Waals surface area contributed by atoms with Gasteiger partial charge in [0.25, 0.3) is 0 Å². The number of likely N-dealkylation sites (N-methyl/N-ethyl adjacent to an activating group) is 1. The average Bonchev–Trinajstić information content (AvgIpc) is 2.21. The molecule has 0 aliphatic heterocycles. The van der Waals surface area contributed by atoms with Gasteiger partial charge in [0.1, 0.15) is 10.4 Å². The Kier molecular flexibility index (Phi) is 6.17. The topological polar surface area (TPSA) is 76.3 Å². The first-order valence-electron chi connectivity index (χ1n) is 5.34. The van der Waals surface area contributed by atoms with E-state index in [4.69, 9.17) is 10.5 Å². The zero-order valence-corrected chi connectivity index (χ0v) is 11.7. The summed E-state index contributed by atoms with van der Waals surface area (Å²) in [5.41, 5.74) is 5.59. The van der Waals surface area contributed by atoms with Crippen molar-refractivity contribution >= 4 is 27.7 Å². The highest BCUT2D eigenvalue weighted by molar-refractivity contribution is 9.10. The van der Waals surface area contributed by atoms with Crippen LogP contribution in [0.1, 0.15) is 0 Å². The van der Waals surface area contributed by atoms with Crippen LogP contribution >= 0.6 is 15.9 Å². The van der Waals surface area contributed by atoms with Gasteiger partial charge in [-0.15, -0.1) is 0 Å². The number of nitrogens with one attached hydrogen (secondary N) is 1. The lowest BCUT2D eigenvalue weighted by atomic mass is 10.6. The van der Waals surface area contributed by atoms with Crippen LogP contribution in [0.2, 0.25) is 0 Å². The van der Waals surface area contributed by atoms with Gasteiger partial charge in [-0.2, -0.15) is 4.98 Å². The minimum Gasteiger partial charge on any atom is -0.383 e. The van der Waals surface area contributed by atoms with E-state index in [2.05, 4.69) is 36.1 Å². The maximum atomic E-state index is 5.59. The van der Waals surface area contributed by atoms with E-state index >= 15 is 0 Å². The highest BCUT2D eigenvalue weighted by Crippen LogP contribution is 2.11. The summed E-state index contributed by atoms with van der Waals surface area (Å²) in [7, 11) is 4.03. The molecule has 1 rings (SSSR count). The van der Waals surface area contributed by atoms with Crippen LogP contribution < -0.4 is 11.1 Å². The normalized spacial score (nSPS) is 10.8. The summed E-state index contributed by atoms with van der Waals surface area (Å²) in [6, 6.07) is 1.65. The Bertz CT molecular complexity index is 327. The molecule has 0 bridgehead atoms. The third kappa shape index (κ3) is 6.40. The lowest BCUT2D eigenvalue weighted by Gasteiger charge is -2.10. The summed E-state index contributed by atoms with van der Waals surface area (Å²) in [5.74, 6) is 0.941. The standard InChI is InChI=1S/C10H18BrN5O/c1-16(2)4-6-17-5-3-13-10-14-8(11)7-9(12)15-10/h7H,3-6H2,1-2H3,(H3,12,13,14,15). The van der Waals surface area contributed by atoms with E-state index in [1.54, 1.807) is 6.07 Å². The van der Waals surface area contributed by atoms with Gasteiger partial charge in [-0.05, 0) is 30.0 Å². The average molecular weight is 304 g/mol. The summed E-state index contributed by atoms with van der Waals surface area (Å²) in [5, 5.41) is 3.04. The van der Waals surface area contributed by atoms with Crippen molar-refractivity contribution in [2.75, 3.05) is 51.4 Å². The Hall–Kier alpha value is -0.920. The number of hydrogen-bond donors (Lipinski definition) is 2. The molecule has 0 spiro atoms. The zero-order valence-electron chi connectivity index (χ0n) is 10.1. The number of nitrogens with zero attached hydrogens (tertiary/aromatic N) is 3. The van der Waals surface area contributed by atoms with Gasteiger partial charge < -0.3 is 20.7 Å². The lowest BCUT2D eigenvalue weighted by molar-refractivity contribution is 0.126. The van der Waals surface area contributed by atoms with E-state index < -0.39 is 0 Å². The predicted molar refractivity (Wildman–Crippen MR) is 72.0 cm³/mol. The molecule has 1 aromatic rings. The lowest BCUT2D eigenvalue weighted by Crippen LogP contribution is -2.20. The van der Waals surface area contributed by atoms with Gasteiger partial charge in [-0.3, -0.25) is 0 Å². The molecule has 1 heterocycles. The fraction of sp³-hybridized carbons (Fsp3) is 0.600. The molecule has 17 heavy (non-hydrogen) atoms. The molecular formula is C10H18BrN5O. The van der Waals surface area contributed by atoms with Crippen molar-refractivity contribution in [3.63, 3.8) is 0 Å². The van der Waals surface area contributed by atoms with Crippen molar-refractivity contribution in [1.82, 2.24) is 14.9 Å². The fourth-order valence-electron chi connectivity index (χ4n) is 1.10. The Morgan fingerprint density at radius 2 is 2.18 bits per heavy atom. The molecule has 0 fully saturated rings. The van der Waals surface area contributed by atoms with Crippen molar-refractivity contribution in [1.29, 1.82) is 0 Å². The summed E-state index contributed by atoms with van der Waals surface area (Å²) >= 11 is 3.25. The van der Waals surface area contributed by atoms with Gasteiger partial charge in [-0.1, -0.05) is 0 Å². The second-order valence-corrected chi connectivity index (χ2v) is 4.59. The molecule has 0 aliphatic rings. The van der Waals surface area contributed by atoms with Crippen LogP contribution in [-0.2, 0) is 4.74 Å². The van der Waals surface area contributed by atoms with Gasteiger partial charge in [0.15, 0.2) is 0 Å². The second-order valence-electron chi connectivity index (χ2n) is 3.78. The van der Waals surface area contributed by atoms with E-state index in [0.717, 1.165) is 13.2 Å². The number of rotatable bonds is 7. The maximum Gasteiger partial charge on any atom is 0.225 e. The van der Waals surface area contributed by atoms with E-state index in [-0.39, 0.29) is 0 Å². The van der Waals surface area contributed by atoms with Crippen LogP contribution in [-0.4, -0.2) is 55.3 Å². The van der Waals surface area contributed by atoms with E-state index in [0.29, 0.717) is 29.5 Å². The summed E-state index contributed by atoms with van der Waals surface area (Å²) in [6.07, 6.45) is 0. The van der Waals surface area contributed by atoms with Gasteiger partial charge in [0.05, 0.1) is 13.2 Å². The predicted octanol–water partition coefficient (Wildman–Crippen LogP) is 0.811. The molecule has 6 nitrogen and oxygen atoms in total. The van der Waals surface area contributed by atoms with Gasteiger partial charge in [0.2, 0.25) is 5.95 Å². The molecule has 0 saturated heterocycles. The molecule has 1 aromatic heterocycles. The molecule has 96 valence electrons. The van der Waals surface area contributed by atoms with Gasteiger partial charge in [-0.25, -0.2) is 4.98 Å². The molecule has 0 aliphatic carbocycles. The van der Waals surface area contributed by atoms with Gasteiger partial charge in [0, 0.05) is 19.2 Å². The molecule has 7 heteroatoms. The Morgan fingerprint density at radius 3 is 2.82 bits per heavy atom. The highest BCUT2D eigenvalue weighted by atomic mass is 79.9. The van der Waals surface area contributed by atoms with Crippen molar-refractivity contribution in [3.05, 3.63) is 10.7 Å². The summed E-state index contributed by atoms with van der Waals surface area (Å²) < 4.78 is 6.09. The van der Waals surface area contributed by atoms with Crippen molar-refractivity contribution in [3.8, 4) is 0 Å². The van der Waals surface area contributed by atoms with Crippen molar-refractivity contribution in [2.24, 2.45) is 0 Å². The summed E-state index contributed by atoms with van der Waals surface area (Å²) in [4.78, 5) is 10.2. The summed E-state index contributed by atoms with van der Waals surface area (Å²) in [6.45, 7) is 2.91. The Morgan fingerprint density at radius 1 is 1.41 bits per heavy atom. The maximum absolute atomic E-state index is 5.59. The molecule has 0 unspecified atom stereocenters. The quantitative estimate of drug-likeness (QED) is 0.573. The molecule has 3 N–H and O–H groups in total. The van der Waals surface area contributed by atoms with Crippen LogP contribution in [0.3, 0.4) is 0 Å². The van der Waals surface area contributed by atoms with Crippen LogP contribution in [0.25, 0.3) is 0 Å². The van der Waals surface area contributed by atoms with Crippen LogP contribution in [0.5, 0.6) is 0 Å². The molecule has 0 saturated carbocycles. The molecule has 0 radical (unpaired) electrons. The van der Waals surface area contributed by atoms with Crippen LogP contribution in [0, 0.1) is 0 Å². The largest absolute Gasteiger partial charge is 0.383 e. The molecular weight excluding hydrogens is 286 g/mol. The van der Waals surface area contributed by atoms with Gasteiger partial charge >= 0.3 is 0 Å². The van der Waals surface area contributed by atoms with E-state index in [1.165, 1.54) is 0 Å². The number of halogens is 1. The number of ether oxygens (including phenoxy) is 1. The second kappa shape index (κ2) is 7.41. The number of anilines is 2. The Balaban J connectivity index is 2.18. The van der Waals surface area contributed by atoms with Crippen LogP contribution in [0.15, 0.2) is 10.7 Å². The van der Waals surface area contributed by atoms with Crippen molar-refractivity contribution in [2.45, 2.75) is 0 Å². The molecule has 0 atom stereocenters. The first-order chi connectivity index (χ1) is 8.08. The number of nitrogens with two attached hydrogens (primary N) is 1. The van der Waals surface area contributed by atoms with E-state index in [1.807, 2.05) is 14.1 Å². The number of hydrogen-bond acceptors (Lipinski definition) is 6. The number of aromatic nitrogens is 2. The molecule has 0 aromatic carbocycles. The minimum absolute atomic E-state index is 0.433. The highest BCUT2D eigenvalue weighted by Gasteiger charge is 1.99. The molecule has 0 amide bonds. The smallest absolute Gasteiger partial charge is 0.225 e. The minimum atomic E-state index is 0.433. The SMILES string of the molecule is CN(C)CCOCCNc1nc(N)cc(Br)n1. The fourth-order valence-corrected chi connectivity index (χ4v) is 1.50. The van der Waals surface area contributed by atoms with Crippen LogP contribution in [0.4, 0.5) is 11.8 Å². The Labute approximate surface area is 110 Å². The number of nitrogen functional groups attached to an aromatic ring is 1. The monoisotopic (exact) mass is 303 g/mol. The third-order valence-electron chi connectivity index (χ3n) is 1.93. The first kappa shape index (κ1) is 14.1. The third-order valence-corrected chi connectivity index (χ3v) is 2.33. The van der Waals surface area contributed by atoms with Crippen molar-refractivity contribution < 1.29 is 4.74 Å². The van der Waals surface area contributed by atoms with E-state index in [9.17, 15) is 0 Å². The zero-order chi connectivity index (χ0) is 12.7.